The molecular formula is C9H8Cl2N6O. The summed E-state index contributed by atoms with van der Waals surface area (Å²) in [5.41, 5.74) is 0.269. The standard InChI is InChI=1S/C9H8Cl2N6O/c1-16(2)8(18)5-3-4-17(15-5)7-6(10)13-14-9(11)12-7/h3-4H,1-2H3. The van der Waals surface area contributed by atoms with Gasteiger partial charge in [-0.05, 0) is 17.7 Å². The van der Waals surface area contributed by atoms with E-state index < -0.39 is 0 Å². The van der Waals surface area contributed by atoms with Gasteiger partial charge < -0.3 is 4.90 Å². The molecule has 18 heavy (non-hydrogen) atoms. The highest BCUT2D eigenvalue weighted by Crippen LogP contribution is 2.15. The Labute approximate surface area is 112 Å². The number of rotatable bonds is 2. The molecule has 2 rings (SSSR count). The number of amides is 1. The van der Waals surface area contributed by atoms with E-state index in [2.05, 4.69) is 20.3 Å². The van der Waals surface area contributed by atoms with Crippen LogP contribution in [0.1, 0.15) is 10.5 Å². The average Bonchev–Trinajstić information content (AvgIpc) is 2.80. The van der Waals surface area contributed by atoms with Crippen LogP contribution in [0.5, 0.6) is 0 Å². The Morgan fingerprint density at radius 1 is 1.33 bits per heavy atom. The van der Waals surface area contributed by atoms with Gasteiger partial charge in [-0.3, -0.25) is 4.79 Å². The summed E-state index contributed by atoms with van der Waals surface area (Å²) in [6, 6.07) is 1.55. The molecule has 0 bridgehead atoms. The van der Waals surface area contributed by atoms with Crippen LogP contribution in [0.2, 0.25) is 10.4 Å². The van der Waals surface area contributed by atoms with Crippen molar-refractivity contribution in [3.8, 4) is 5.82 Å². The number of carbonyl (C=O) groups excluding carboxylic acids is 1. The maximum Gasteiger partial charge on any atom is 0.273 e. The molecule has 0 aromatic carbocycles. The third kappa shape index (κ3) is 2.41. The maximum atomic E-state index is 11.7. The van der Waals surface area contributed by atoms with Crippen molar-refractivity contribution >= 4 is 29.1 Å². The van der Waals surface area contributed by atoms with Crippen LogP contribution in [-0.2, 0) is 0 Å². The Balaban J connectivity index is 2.41. The first-order valence-corrected chi connectivity index (χ1v) is 5.58. The van der Waals surface area contributed by atoms with Crippen molar-refractivity contribution < 1.29 is 4.79 Å². The lowest BCUT2D eigenvalue weighted by atomic mass is 10.4. The zero-order valence-electron chi connectivity index (χ0n) is 9.50. The van der Waals surface area contributed by atoms with Crippen molar-refractivity contribution in [3.63, 3.8) is 0 Å². The SMILES string of the molecule is CN(C)C(=O)c1ccn(-c2nc(Cl)nnc2Cl)n1. The van der Waals surface area contributed by atoms with E-state index in [1.54, 1.807) is 26.4 Å². The quantitative estimate of drug-likeness (QED) is 0.825. The molecule has 2 aromatic heterocycles. The summed E-state index contributed by atoms with van der Waals surface area (Å²) in [4.78, 5) is 17.0. The second-order valence-electron chi connectivity index (χ2n) is 3.54. The molecule has 0 aliphatic heterocycles. The number of hydrogen-bond acceptors (Lipinski definition) is 5. The summed E-state index contributed by atoms with van der Waals surface area (Å²) in [5.74, 6) is -0.00698. The van der Waals surface area contributed by atoms with Crippen LogP contribution in [-0.4, -0.2) is 49.9 Å². The van der Waals surface area contributed by atoms with Crippen LogP contribution in [0.15, 0.2) is 12.3 Å². The summed E-state index contributed by atoms with van der Waals surface area (Å²) in [6.07, 6.45) is 1.54. The summed E-state index contributed by atoms with van der Waals surface area (Å²) in [7, 11) is 3.27. The molecule has 94 valence electrons. The van der Waals surface area contributed by atoms with Crippen LogP contribution in [0.4, 0.5) is 0 Å². The summed E-state index contributed by atoms with van der Waals surface area (Å²) >= 11 is 11.5. The van der Waals surface area contributed by atoms with E-state index in [1.165, 1.54) is 9.58 Å². The van der Waals surface area contributed by atoms with Crippen LogP contribution < -0.4 is 0 Å². The summed E-state index contributed by atoms with van der Waals surface area (Å²) < 4.78 is 1.32. The fourth-order valence-corrected chi connectivity index (χ4v) is 1.50. The van der Waals surface area contributed by atoms with Gasteiger partial charge in [-0.25, -0.2) is 4.68 Å². The Bertz CT molecular complexity index is 596. The fraction of sp³-hybridized carbons (Fsp3) is 0.222. The first kappa shape index (κ1) is 12.7. The molecule has 0 atom stereocenters. The first-order chi connectivity index (χ1) is 8.49. The van der Waals surface area contributed by atoms with Crippen molar-refractivity contribution in [1.29, 1.82) is 0 Å². The number of halogens is 2. The van der Waals surface area contributed by atoms with E-state index in [9.17, 15) is 4.79 Å². The summed E-state index contributed by atoms with van der Waals surface area (Å²) in [5, 5.41) is 11.2. The van der Waals surface area contributed by atoms with Gasteiger partial charge in [0.15, 0.2) is 16.7 Å². The molecule has 0 aliphatic carbocycles. The number of aromatic nitrogens is 5. The molecule has 9 heteroatoms. The highest BCUT2D eigenvalue weighted by Gasteiger charge is 2.15. The Kier molecular flexibility index (Phi) is 3.44. The minimum Gasteiger partial charge on any atom is -0.343 e. The van der Waals surface area contributed by atoms with Crippen molar-refractivity contribution in [2.75, 3.05) is 14.1 Å². The minimum atomic E-state index is -0.224. The molecule has 2 heterocycles. The Morgan fingerprint density at radius 2 is 2.06 bits per heavy atom. The maximum absolute atomic E-state index is 11.7. The van der Waals surface area contributed by atoms with Crippen molar-refractivity contribution in [2.24, 2.45) is 0 Å². The van der Waals surface area contributed by atoms with Gasteiger partial charge >= 0.3 is 0 Å². The van der Waals surface area contributed by atoms with Crippen LogP contribution in [0.3, 0.4) is 0 Å². The third-order valence-corrected chi connectivity index (χ3v) is 2.44. The lowest BCUT2D eigenvalue weighted by Crippen LogP contribution is -2.22. The van der Waals surface area contributed by atoms with Gasteiger partial charge in [-0.2, -0.15) is 10.1 Å². The second-order valence-corrected chi connectivity index (χ2v) is 4.24. The molecule has 0 saturated carbocycles. The second kappa shape index (κ2) is 4.87. The molecule has 1 amide bonds. The molecule has 0 unspecified atom stereocenters. The molecule has 7 nitrogen and oxygen atoms in total. The molecule has 0 aliphatic rings. The zero-order chi connectivity index (χ0) is 13.3. The van der Waals surface area contributed by atoms with Gasteiger partial charge in [0, 0.05) is 20.3 Å². The van der Waals surface area contributed by atoms with E-state index >= 15 is 0 Å². The van der Waals surface area contributed by atoms with Gasteiger partial charge in [-0.15, -0.1) is 10.2 Å². The van der Waals surface area contributed by atoms with Crippen LogP contribution >= 0.6 is 23.2 Å². The van der Waals surface area contributed by atoms with Gasteiger partial charge in [0.25, 0.3) is 5.91 Å². The van der Waals surface area contributed by atoms with Crippen molar-refractivity contribution in [1.82, 2.24) is 29.9 Å². The summed E-state index contributed by atoms with van der Waals surface area (Å²) in [6.45, 7) is 0. The van der Waals surface area contributed by atoms with Crippen LogP contribution in [0.25, 0.3) is 5.82 Å². The molecular weight excluding hydrogens is 279 g/mol. The lowest BCUT2D eigenvalue weighted by Gasteiger charge is -2.06. The fourth-order valence-electron chi connectivity index (χ4n) is 1.22. The number of hydrogen-bond donors (Lipinski definition) is 0. The molecule has 0 spiro atoms. The normalized spacial score (nSPS) is 10.4. The predicted molar refractivity (Wildman–Crippen MR) is 65.0 cm³/mol. The highest BCUT2D eigenvalue weighted by atomic mass is 35.5. The smallest absolute Gasteiger partial charge is 0.273 e. The zero-order valence-corrected chi connectivity index (χ0v) is 11.0. The van der Waals surface area contributed by atoms with Crippen molar-refractivity contribution in [2.45, 2.75) is 0 Å². The number of carbonyl (C=O) groups is 1. The Hall–Kier alpha value is -1.73. The first-order valence-electron chi connectivity index (χ1n) is 4.82. The molecule has 2 aromatic rings. The average molecular weight is 287 g/mol. The van der Waals surface area contributed by atoms with E-state index in [4.69, 9.17) is 23.2 Å². The van der Waals surface area contributed by atoms with Gasteiger partial charge in [-0.1, -0.05) is 11.6 Å². The number of nitrogens with zero attached hydrogens (tertiary/aromatic N) is 6. The Morgan fingerprint density at radius 3 is 2.72 bits per heavy atom. The van der Waals surface area contributed by atoms with E-state index in [0.717, 1.165) is 0 Å². The molecule has 0 radical (unpaired) electrons. The largest absolute Gasteiger partial charge is 0.343 e. The lowest BCUT2D eigenvalue weighted by molar-refractivity contribution is 0.0821. The highest BCUT2D eigenvalue weighted by molar-refractivity contribution is 6.31. The molecule has 0 N–H and O–H groups in total. The van der Waals surface area contributed by atoms with E-state index in [-0.39, 0.29) is 27.9 Å². The predicted octanol–water partition coefficient (Wildman–Crippen LogP) is 1.07. The van der Waals surface area contributed by atoms with Crippen LogP contribution in [0, 0.1) is 0 Å². The third-order valence-electron chi connectivity index (χ3n) is 2.03. The van der Waals surface area contributed by atoms with Crippen molar-refractivity contribution in [3.05, 3.63) is 28.4 Å². The van der Waals surface area contributed by atoms with Gasteiger partial charge in [0.1, 0.15) is 0 Å². The van der Waals surface area contributed by atoms with E-state index in [1.807, 2.05) is 0 Å². The van der Waals surface area contributed by atoms with E-state index in [0.29, 0.717) is 0 Å². The molecule has 0 fully saturated rings. The van der Waals surface area contributed by atoms with Gasteiger partial charge in [0.05, 0.1) is 0 Å². The topological polar surface area (TPSA) is 76.8 Å². The minimum absolute atomic E-state index is 0.0475. The van der Waals surface area contributed by atoms with Gasteiger partial charge in [0.2, 0.25) is 5.28 Å². The molecule has 0 saturated heterocycles. The monoisotopic (exact) mass is 286 g/mol.